The minimum Gasteiger partial charge on any atom is -0.381 e. The second-order valence-corrected chi connectivity index (χ2v) is 6.72. The van der Waals surface area contributed by atoms with E-state index in [0.717, 1.165) is 37.3 Å². The lowest BCUT2D eigenvalue weighted by Gasteiger charge is -2.42. The van der Waals surface area contributed by atoms with Crippen molar-refractivity contribution in [3.8, 4) is 11.3 Å². The van der Waals surface area contributed by atoms with Gasteiger partial charge in [0.15, 0.2) is 0 Å². The molecule has 4 nitrogen and oxygen atoms in total. The normalized spacial score (nSPS) is 22.9. The van der Waals surface area contributed by atoms with E-state index < -0.39 is 0 Å². The van der Waals surface area contributed by atoms with E-state index >= 15 is 0 Å². The number of aryl methyl sites for hydroxylation is 1. The monoisotopic (exact) mass is 297 g/mol. The molecular weight excluding hydrogens is 274 g/mol. The van der Waals surface area contributed by atoms with Crippen LogP contribution in [0.15, 0.2) is 30.5 Å². The fourth-order valence-corrected chi connectivity index (χ4v) is 3.68. The Hall–Kier alpha value is -1.65. The molecule has 0 spiro atoms. The summed E-state index contributed by atoms with van der Waals surface area (Å²) in [7, 11) is 0. The second-order valence-electron chi connectivity index (χ2n) is 6.72. The van der Waals surface area contributed by atoms with Crippen LogP contribution >= 0.6 is 0 Å². The molecule has 0 aliphatic carbocycles. The average molecular weight is 297 g/mol. The predicted octanol–water partition coefficient (Wildman–Crippen LogP) is 2.85. The Morgan fingerprint density at radius 2 is 2.23 bits per heavy atom. The van der Waals surface area contributed by atoms with Crippen LogP contribution in [0, 0.1) is 18.8 Å². The van der Waals surface area contributed by atoms with Crippen molar-refractivity contribution < 1.29 is 4.74 Å². The zero-order valence-electron chi connectivity index (χ0n) is 13.1. The number of ether oxygens (including phenoxy) is 1. The molecule has 2 aliphatic rings. The summed E-state index contributed by atoms with van der Waals surface area (Å²) in [5.74, 6) is 1.62. The van der Waals surface area contributed by atoms with Gasteiger partial charge in [-0.2, -0.15) is 5.10 Å². The van der Waals surface area contributed by atoms with Crippen LogP contribution in [0.3, 0.4) is 0 Å². The van der Waals surface area contributed by atoms with Crippen molar-refractivity contribution in [2.75, 3.05) is 26.3 Å². The number of benzene rings is 1. The Bertz CT molecular complexity index is 639. The first kappa shape index (κ1) is 14.0. The van der Waals surface area contributed by atoms with E-state index in [1.165, 1.54) is 36.2 Å². The number of aromatic nitrogens is 2. The SMILES string of the molecule is Cc1cccc(-c2[nH]ncc2CN2CC(C3CCOC3)C2)c1. The molecule has 2 aromatic rings. The Morgan fingerprint density at radius 1 is 1.32 bits per heavy atom. The Morgan fingerprint density at radius 3 is 3.00 bits per heavy atom. The van der Waals surface area contributed by atoms with Gasteiger partial charge in [0.25, 0.3) is 0 Å². The van der Waals surface area contributed by atoms with Crippen LogP contribution in [0.1, 0.15) is 17.5 Å². The van der Waals surface area contributed by atoms with Crippen LogP contribution < -0.4 is 0 Å². The van der Waals surface area contributed by atoms with Crippen LogP contribution in [0.25, 0.3) is 11.3 Å². The molecule has 2 aliphatic heterocycles. The third kappa shape index (κ3) is 2.69. The molecule has 22 heavy (non-hydrogen) atoms. The number of rotatable bonds is 4. The van der Waals surface area contributed by atoms with Crippen molar-refractivity contribution in [3.63, 3.8) is 0 Å². The largest absolute Gasteiger partial charge is 0.381 e. The highest BCUT2D eigenvalue weighted by molar-refractivity contribution is 5.63. The van der Waals surface area contributed by atoms with Gasteiger partial charge in [0.05, 0.1) is 11.9 Å². The summed E-state index contributed by atoms with van der Waals surface area (Å²) >= 11 is 0. The molecule has 4 heteroatoms. The number of nitrogens with one attached hydrogen (secondary N) is 1. The van der Waals surface area contributed by atoms with E-state index in [4.69, 9.17) is 4.74 Å². The number of likely N-dealkylation sites (tertiary alicyclic amines) is 1. The van der Waals surface area contributed by atoms with E-state index in [9.17, 15) is 0 Å². The Balaban J connectivity index is 1.41. The van der Waals surface area contributed by atoms with Gasteiger partial charge in [0.2, 0.25) is 0 Å². The maximum Gasteiger partial charge on any atom is 0.0695 e. The van der Waals surface area contributed by atoms with Gasteiger partial charge in [-0.3, -0.25) is 10.00 Å². The highest BCUT2D eigenvalue weighted by Gasteiger charge is 2.35. The van der Waals surface area contributed by atoms with E-state index in [1.807, 2.05) is 6.20 Å². The highest BCUT2D eigenvalue weighted by atomic mass is 16.5. The van der Waals surface area contributed by atoms with Crippen molar-refractivity contribution in [2.45, 2.75) is 19.9 Å². The Kier molecular flexibility index (Phi) is 3.72. The van der Waals surface area contributed by atoms with Crippen LogP contribution in [0.4, 0.5) is 0 Å². The third-order valence-electron chi connectivity index (χ3n) is 5.04. The fourth-order valence-electron chi connectivity index (χ4n) is 3.68. The van der Waals surface area contributed by atoms with Gasteiger partial charge >= 0.3 is 0 Å². The molecule has 1 aromatic heterocycles. The molecule has 1 aromatic carbocycles. The molecule has 116 valence electrons. The van der Waals surface area contributed by atoms with Crippen LogP contribution in [-0.4, -0.2) is 41.4 Å². The first-order chi connectivity index (χ1) is 10.8. The first-order valence-corrected chi connectivity index (χ1v) is 8.19. The number of nitrogens with zero attached hydrogens (tertiary/aromatic N) is 2. The topological polar surface area (TPSA) is 41.2 Å². The van der Waals surface area contributed by atoms with Crippen molar-refractivity contribution in [1.29, 1.82) is 0 Å². The van der Waals surface area contributed by atoms with Gasteiger partial charge in [0, 0.05) is 44.0 Å². The number of H-pyrrole nitrogens is 1. The van der Waals surface area contributed by atoms with Gasteiger partial charge in [-0.15, -0.1) is 0 Å². The average Bonchev–Trinajstić information content (AvgIpc) is 3.14. The lowest BCUT2D eigenvalue weighted by molar-refractivity contribution is 0.0445. The molecule has 1 N–H and O–H groups in total. The minimum absolute atomic E-state index is 0.789. The van der Waals surface area contributed by atoms with E-state index in [-0.39, 0.29) is 0 Å². The molecule has 1 unspecified atom stereocenters. The molecule has 0 radical (unpaired) electrons. The van der Waals surface area contributed by atoms with E-state index in [0.29, 0.717) is 0 Å². The Labute approximate surface area is 131 Å². The molecule has 2 saturated heterocycles. The molecule has 2 fully saturated rings. The predicted molar refractivity (Wildman–Crippen MR) is 86.5 cm³/mol. The molecule has 0 saturated carbocycles. The van der Waals surface area contributed by atoms with Crippen LogP contribution in [-0.2, 0) is 11.3 Å². The van der Waals surface area contributed by atoms with Crippen molar-refractivity contribution in [3.05, 3.63) is 41.6 Å². The highest BCUT2D eigenvalue weighted by Crippen LogP contribution is 2.32. The number of aromatic amines is 1. The summed E-state index contributed by atoms with van der Waals surface area (Å²) in [5, 5.41) is 7.44. The van der Waals surface area contributed by atoms with Crippen LogP contribution in [0.5, 0.6) is 0 Å². The van der Waals surface area contributed by atoms with Gasteiger partial charge in [-0.25, -0.2) is 0 Å². The van der Waals surface area contributed by atoms with Crippen molar-refractivity contribution >= 4 is 0 Å². The number of hydrogen-bond donors (Lipinski definition) is 1. The second kappa shape index (κ2) is 5.86. The van der Waals surface area contributed by atoms with Gasteiger partial charge in [0.1, 0.15) is 0 Å². The number of hydrogen-bond acceptors (Lipinski definition) is 3. The summed E-state index contributed by atoms with van der Waals surface area (Å²) in [4.78, 5) is 2.52. The maximum atomic E-state index is 5.51. The molecule has 0 amide bonds. The zero-order chi connectivity index (χ0) is 14.9. The summed E-state index contributed by atoms with van der Waals surface area (Å²) in [5.41, 5.74) is 4.97. The lowest BCUT2D eigenvalue weighted by Crippen LogP contribution is -2.49. The smallest absolute Gasteiger partial charge is 0.0695 e. The fraction of sp³-hybridized carbons (Fsp3) is 0.500. The van der Waals surface area contributed by atoms with Gasteiger partial charge < -0.3 is 4.74 Å². The lowest BCUT2D eigenvalue weighted by atomic mass is 9.85. The third-order valence-corrected chi connectivity index (χ3v) is 5.04. The standard InChI is InChI=1S/C18H23N3O/c1-13-3-2-4-14(7-13)18-16(8-19-20-18)9-21-10-17(11-21)15-5-6-22-12-15/h2-4,7-8,15,17H,5-6,9-12H2,1H3,(H,19,20). The summed E-state index contributed by atoms with van der Waals surface area (Å²) in [6.07, 6.45) is 3.22. The van der Waals surface area contributed by atoms with E-state index in [2.05, 4.69) is 46.3 Å². The molecule has 3 heterocycles. The first-order valence-electron chi connectivity index (χ1n) is 8.19. The van der Waals surface area contributed by atoms with Crippen molar-refractivity contribution in [2.24, 2.45) is 11.8 Å². The zero-order valence-corrected chi connectivity index (χ0v) is 13.1. The molecule has 0 bridgehead atoms. The minimum atomic E-state index is 0.789. The van der Waals surface area contributed by atoms with E-state index in [1.54, 1.807) is 0 Å². The molecule has 1 atom stereocenters. The molecular formula is C18H23N3O. The summed E-state index contributed by atoms with van der Waals surface area (Å²) < 4.78 is 5.51. The summed E-state index contributed by atoms with van der Waals surface area (Å²) in [6.45, 7) is 7.45. The summed E-state index contributed by atoms with van der Waals surface area (Å²) in [6, 6.07) is 8.60. The molecule has 4 rings (SSSR count). The van der Waals surface area contributed by atoms with Crippen LogP contribution in [0.2, 0.25) is 0 Å². The van der Waals surface area contributed by atoms with Gasteiger partial charge in [-0.1, -0.05) is 23.8 Å². The van der Waals surface area contributed by atoms with Gasteiger partial charge in [-0.05, 0) is 31.2 Å². The maximum absolute atomic E-state index is 5.51. The quantitative estimate of drug-likeness (QED) is 0.943. The van der Waals surface area contributed by atoms with Crippen molar-refractivity contribution in [1.82, 2.24) is 15.1 Å².